The number of esters is 4. The Labute approximate surface area is 830 Å². The Bertz CT molecular complexity index is 4320. The fourth-order valence-corrected chi connectivity index (χ4v) is 19.7. The molecule has 2 bridgehead atoms. The highest BCUT2D eigenvalue weighted by molar-refractivity contribution is 9.09. The van der Waals surface area contributed by atoms with Crippen molar-refractivity contribution in [3.05, 3.63) is 76.5 Å². The number of unbranched alkanes of at least 4 members (excludes halogenated alkanes) is 1. The van der Waals surface area contributed by atoms with Crippen LogP contribution in [0.25, 0.3) is 10.9 Å². The van der Waals surface area contributed by atoms with Gasteiger partial charge in [-0.3, -0.25) is 48.2 Å². The zero-order valence-electron chi connectivity index (χ0n) is 84.2. The summed E-state index contributed by atoms with van der Waals surface area (Å²) in [6.45, 7) is 22.5. The number of nitrogens with one attached hydrogen (secondary N) is 4. The number of carboxylic acid groups (broad SMARTS) is 1. The van der Waals surface area contributed by atoms with Gasteiger partial charge in [-0.15, -0.1) is 0 Å². The minimum Gasteiger partial charge on any atom is -0.481 e. The van der Waals surface area contributed by atoms with E-state index >= 15 is 4.79 Å². The molecule has 2 aromatic carbocycles. The zero-order chi connectivity index (χ0) is 104. The van der Waals surface area contributed by atoms with Crippen LogP contribution < -0.4 is 20.9 Å². The quantitative estimate of drug-likeness (QED) is 0.00833. The topological polar surface area (TPSA) is 551 Å². The molecule has 1 saturated carbocycles. The molecule has 41 heteroatoms. The van der Waals surface area contributed by atoms with Gasteiger partial charge >= 0.3 is 36.0 Å². The summed E-state index contributed by atoms with van der Waals surface area (Å²) < 4.78 is 67.4. The summed E-state index contributed by atoms with van der Waals surface area (Å²) in [5.74, 6) is -4.34. The molecule has 3 fully saturated rings. The third kappa shape index (κ3) is 34.9. The van der Waals surface area contributed by atoms with E-state index in [0.29, 0.717) is 97.2 Å². The van der Waals surface area contributed by atoms with E-state index in [-0.39, 0.29) is 171 Å². The molecule has 19 atom stereocenters. The number of carbonyl (C=O) groups is 9. The number of ether oxygens (including phenoxy) is 13. The van der Waals surface area contributed by atoms with Crippen LogP contribution >= 0.6 is 15.9 Å². The number of benzene rings is 2. The normalized spacial score (nSPS) is 23.8. The molecule has 15 unspecified atom stereocenters. The third-order valence-corrected chi connectivity index (χ3v) is 27.4. The monoisotopic (exact) mass is 2050 g/mol. The first-order chi connectivity index (χ1) is 66.9. The Morgan fingerprint density at radius 3 is 1.66 bits per heavy atom. The molecule has 1 spiro atoms. The van der Waals surface area contributed by atoms with E-state index in [1.54, 1.807) is 0 Å². The maximum absolute atomic E-state index is 15.2. The summed E-state index contributed by atoms with van der Waals surface area (Å²) in [7, 11) is 7.65. The lowest BCUT2D eigenvalue weighted by Crippen LogP contribution is -2.80. The van der Waals surface area contributed by atoms with Gasteiger partial charge in [0.25, 0.3) is 0 Å². The molecule has 1 aliphatic carbocycles. The van der Waals surface area contributed by atoms with Gasteiger partial charge in [-0.25, -0.2) is 4.79 Å². The molecule has 3 aromatic rings. The first kappa shape index (κ1) is 123. The number of rotatable bonds is 57. The number of H-pyrrole nitrogens is 1. The molecule has 6 heterocycles. The Hall–Kier alpha value is -7.95. The van der Waals surface area contributed by atoms with Crippen molar-refractivity contribution in [3.8, 4) is 0 Å². The highest BCUT2D eigenvalue weighted by Crippen LogP contribution is 2.67. The van der Waals surface area contributed by atoms with Crippen molar-refractivity contribution in [1.29, 1.82) is 0 Å². The van der Waals surface area contributed by atoms with E-state index in [4.69, 9.17) is 96.7 Å². The number of anilines is 1. The molecular weight excluding hydrogens is 1900 g/mol. The number of hydrogen-bond donors (Lipinski definition) is 13. The van der Waals surface area contributed by atoms with Crippen molar-refractivity contribution in [2.75, 3.05) is 164 Å². The number of aromatic nitrogens is 1. The number of carbonyl (C=O) groups excluding carboxylic acids is 10. The number of aliphatic carboxylic acids is 1. The van der Waals surface area contributed by atoms with Gasteiger partial charge in [0.2, 0.25) is 17.7 Å². The number of carboxylic acids is 1. The van der Waals surface area contributed by atoms with Crippen LogP contribution in [0.15, 0.2) is 48.6 Å². The lowest BCUT2D eigenvalue weighted by molar-refractivity contribution is -0.202. The lowest BCUT2D eigenvalue weighted by Gasteiger charge is -2.63. The molecule has 1 aromatic heterocycles. The maximum Gasteiger partial charge on any atom is 0.373 e. The Morgan fingerprint density at radius 1 is 0.607 bits per heavy atom. The van der Waals surface area contributed by atoms with Crippen LogP contribution in [0.3, 0.4) is 0 Å². The van der Waals surface area contributed by atoms with Gasteiger partial charge in [0.1, 0.15) is 32.0 Å². The second-order valence-corrected chi connectivity index (χ2v) is 36.8. The predicted octanol–water partition coefficient (Wildman–Crippen LogP) is 5.46. The molecule has 9 rings (SSSR count). The lowest BCUT2D eigenvalue weighted by atomic mass is 9.47. The first-order valence-corrected chi connectivity index (χ1v) is 49.9. The van der Waals surface area contributed by atoms with Crippen LogP contribution in [0.4, 0.5) is 5.69 Å². The number of likely N-dealkylation sites (N-methyl/N-ethyl adjacent to an activating group) is 1. The van der Waals surface area contributed by atoms with Crippen LogP contribution in [-0.2, 0) is 132 Å². The number of aromatic amines is 1. The summed E-state index contributed by atoms with van der Waals surface area (Å²) in [6.07, 6.45) is 6.92. The van der Waals surface area contributed by atoms with E-state index < -0.39 is 118 Å². The number of piperidine rings is 1. The van der Waals surface area contributed by atoms with Crippen molar-refractivity contribution in [1.82, 2.24) is 30.7 Å². The molecule has 2 saturated heterocycles. The van der Waals surface area contributed by atoms with Crippen LogP contribution in [0.1, 0.15) is 218 Å². The van der Waals surface area contributed by atoms with E-state index in [0.717, 1.165) is 67.6 Å². The van der Waals surface area contributed by atoms with Gasteiger partial charge < -0.3 is 133 Å². The van der Waals surface area contributed by atoms with Gasteiger partial charge in [0, 0.05) is 158 Å². The van der Waals surface area contributed by atoms with Gasteiger partial charge in [0.05, 0.1) is 100 Å². The number of nitrogens with zero attached hydrogens (tertiary/aromatic N) is 3. The number of Topliss-reactive ketones (excluding diaryl/α,β-unsaturated/α-hetero) is 1. The number of fused-ring (bicyclic) bond motifs is 6. The highest BCUT2D eigenvalue weighted by atomic mass is 79.9. The number of amides is 3. The van der Waals surface area contributed by atoms with Crippen molar-refractivity contribution in [3.63, 3.8) is 0 Å². The molecule has 6 aliphatic rings. The summed E-state index contributed by atoms with van der Waals surface area (Å²) in [6, 6.07) is 11.4. The molecule has 40 nitrogen and oxygen atoms in total. The fraction of sp³-hybridized carbons (Fsp3) is 0.737. The van der Waals surface area contributed by atoms with E-state index in [1.807, 2.05) is 34.7 Å². The molecule has 794 valence electrons. The van der Waals surface area contributed by atoms with E-state index in [1.165, 1.54) is 57.6 Å². The number of halogens is 1. The molecule has 5 aliphatic heterocycles. The van der Waals surface area contributed by atoms with Crippen molar-refractivity contribution in [2.24, 2.45) is 11.3 Å². The Morgan fingerprint density at radius 2 is 1.14 bits per heavy atom. The Balaban J connectivity index is 0.000000452. The van der Waals surface area contributed by atoms with Gasteiger partial charge in [0.15, 0.2) is 36.5 Å². The number of methoxy groups -OCH3 is 4. The number of aliphatic hydroxyl groups excluding tert-OH is 6. The molecule has 13 N–H and O–H groups in total. The largest absolute Gasteiger partial charge is 0.481 e. The van der Waals surface area contributed by atoms with Crippen LogP contribution in [-0.4, -0.2) is 365 Å². The molecule has 3 amide bonds. The van der Waals surface area contributed by atoms with Gasteiger partial charge in [-0.2, -0.15) is 9.59 Å². The van der Waals surface area contributed by atoms with Crippen LogP contribution in [0, 0.1) is 18.3 Å². The van der Waals surface area contributed by atoms with Crippen LogP contribution in [0.2, 0.25) is 0 Å². The zero-order valence-corrected chi connectivity index (χ0v) is 85.7. The minimum atomic E-state index is -2.17. The van der Waals surface area contributed by atoms with Crippen molar-refractivity contribution in [2.45, 2.75) is 299 Å². The number of ketones is 1. The smallest absolute Gasteiger partial charge is 0.373 e. The highest BCUT2D eigenvalue weighted by Gasteiger charge is 2.78. The summed E-state index contributed by atoms with van der Waals surface area (Å²) >= 11 is 3.06. The number of aliphatic hydroxyl groups is 8. The van der Waals surface area contributed by atoms with Crippen molar-refractivity contribution < 1.29 is 160 Å². The number of aryl methyl sites for hydroxylation is 1. The third-order valence-electron chi connectivity index (χ3n) is 26.8. The standard InChI is InChI=1S/C61H87N5O12.C19H35BrN2O8.C11H20O7.C7H16O4.CO2/c1-9-41(35-67)78-51(75-8)36-77-50(70)22-16-21-49(69)62-39(5)53(71)76-29-15-14-20-48(68)61(74)55-60(25-28-66-26-17-24-59(11-3,54(60)66)56(61)72)45-31-44(38(4)30-47(45)64(55)7)57(6)32-40-33-58(73,10-2)37-65(34-40)27-23-43-42-18-12-13-19-46(42)63-52(43)57;1-3-15(13-23)30-19(27-2)14-29-18(26)7-6-16(24)21-8-4-10-28-11-5-9-22-17(25)12-20;1-3-8(6-12)18-11(16-2)7-17-10(15)5-4-9(13)14;1-3-6(4-8)11-7(5-9)10-2;2-1-3/h12-13,17-19,24,30-31,39-41,51,54-56,63,67,72-74H,9-11,14-16,20-23,25-29,32-37H2,1-8H3,(H,62,69);15,19,23H,3-14H2,1-2H3,(H,21,24)(H,22,25);8,11-12H,3-7H2,1-2H3,(H,13,14);6-9H,3-5H2,1-2H3;/t39?,40?,41?,51?,54?,55?,56-,57-,58?,59-,60?,61+;;;;/m1..../s1. The van der Waals surface area contributed by atoms with E-state index in [2.05, 4.69) is 128 Å². The number of hydrogen-bond acceptors (Lipinski definition) is 35. The Kier molecular flexibility index (Phi) is 54.9. The molecule has 0 radical (unpaired) electrons. The maximum atomic E-state index is 15.2. The second kappa shape index (κ2) is 62.7. The SMILES string of the molecule is CCC(CO)OC(CO)OC.CCC(CO)OC(COC(=O)CCC(=O)NCCCOCCCNC(=O)CBr)OC.CCC(CO)OC(COC(=O)CCC(=O)O)OC.CCC(CO)OC(COC(=O)CCCC(=O)NC(C)C(=O)OCCCCC(=O)[C@]1(O)C2N(C)c3cc(C)c([C@@]4(C)CC5CN(CCc6c4[nH]c4ccccc64)CC(O)(CC)C5)cc3C23CCN2CC=C[C@](CC)(C23)[C@H]1O)OC.O=C=O. The van der Waals surface area contributed by atoms with E-state index in [9.17, 15) is 58.8 Å². The van der Waals surface area contributed by atoms with Gasteiger partial charge in [-0.05, 0) is 164 Å². The fourth-order valence-electron chi connectivity index (χ4n) is 19.5. The average molecular weight is 2050 g/mol. The van der Waals surface area contributed by atoms with Gasteiger partial charge in [-0.1, -0.05) is 93.9 Å². The predicted molar refractivity (Wildman–Crippen MR) is 515 cm³/mol. The molecular formula is C99H158BrN7O33. The average Bonchev–Trinajstić information content (AvgIpc) is 1.48. The number of alkyl halides is 1. The first-order valence-electron chi connectivity index (χ1n) is 48.8. The molecule has 140 heavy (non-hydrogen) atoms. The minimum absolute atomic E-state index is 0.0183. The van der Waals surface area contributed by atoms with Crippen molar-refractivity contribution >= 4 is 92.0 Å². The summed E-state index contributed by atoms with van der Waals surface area (Å²) in [5.41, 5.74) is 2.93. The number of para-hydroxylation sites is 1. The summed E-state index contributed by atoms with van der Waals surface area (Å²) in [4.78, 5) is 136. The van der Waals surface area contributed by atoms with Crippen LogP contribution in [0.5, 0.6) is 0 Å². The second-order valence-electron chi connectivity index (χ2n) is 36.3. The summed E-state index contributed by atoms with van der Waals surface area (Å²) in [5, 5.41) is 101.